The first-order valence-electron chi connectivity index (χ1n) is 11.3. The van der Waals surface area contributed by atoms with Crippen LogP contribution >= 0.6 is 0 Å². The molecule has 0 aliphatic carbocycles. The minimum atomic E-state index is -4.66. The molecule has 3 aromatic carbocycles. The number of alkyl halides is 4. The lowest BCUT2D eigenvalue weighted by atomic mass is 9.99. The van der Waals surface area contributed by atoms with E-state index >= 15 is 0 Å². The first-order valence-corrected chi connectivity index (χ1v) is 11.3. The number of halogens is 4. The minimum Gasteiger partial charge on any atom is -0.462 e. The molecule has 0 bridgehead atoms. The summed E-state index contributed by atoms with van der Waals surface area (Å²) in [5.74, 6) is -1.83. The third-order valence-electron chi connectivity index (χ3n) is 5.06. The van der Waals surface area contributed by atoms with Gasteiger partial charge in [-0.1, -0.05) is 25.1 Å². The number of carbonyl (C=O) groups excluding carboxylic acids is 2. The summed E-state index contributed by atoms with van der Waals surface area (Å²) < 4.78 is 65.1. The summed E-state index contributed by atoms with van der Waals surface area (Å²) in [6.45, 7) is 2.06. The number of ether oxygens (including phenoxy) is 3. The topological polar surface area (TPSA) is 114 Å². The van der Waals surface area contributed by atoms with E-state index in [1.165, 1.54) is 12.1 Å². The van der Waals surface area contributed by atoms with Gasteiger partial charge in [-0.2, -0.15) is 17.6 Å². The molecule has 3 rings (SSSR count). The molecule has 0 saturated carbocycles. The zero-order chi connectivity index (χ0) is 27.9. The molecule has 0 aliphatic heterocycles. The second-order valence-corrected chi connectivity index (χ2v) is 7.95. The minimum absolute atomic E-state index is 0.0299. The van der Waals surface area contributed by atoms with Gasteiger partial charge < -0.3 is 25.7 Å². The number of benzene rings is 3. The molecule has 200 valence electrons. The van der Waals surface area contributed by atoms with E-state index in [2.05, 4.69) is 4.74 Å². The van der Waals surface area contributed by atoms with Crippen molar-refractivity contribution in [2.24, 2.45) is 0 Å². The molecule has 38 heavy (non-hydrogen) atoms. The number of hydrogen-bond acceptors (Lipinski definition) is 7. The lowest BCUT2D eigenvalue weighted by Gasteiger charge is -2.16. The normalized spacial score (nSPS) is 11.8. The summed E-state index contributed by atoms with van der Waals surface area (Å²) in [5, 5.41) is 0. The number of esters is 2. The van der Waals surface area contributed by atoms with Crippen LogP contribution in [0.4, 0.5) is 28.9 Å². The van der Waals surface area contributed by atoms with Gasteiger partial charge in [-0.3, -0.25) is 0 Å². The van der Waals surface area contributed by atoms with Crippen molar-refractivity contribution >= 4 is 35.0 Å². The summed E-state index contributed by atoms with van der Waals surface area (Å²) in [5.41, 5.74) is 13.7. The number of carbonyl (C=O) groups is 2. The maximum atomic E-state index is 13.0. The van der Waals surface area contributed by atoms with E-state index in [4.69, 9.17) is 20.9 Å². The van der Waals surface area contributed by atoms with Crippen molar-refractivity contribution in [1.29, 1.82) is 0 Å². The molecule has 0 unspecified atom stereocenters. The predicted molar refractivity (Wildman–Crippen MR) is 134 cm³/mol. The Kier molecular flexibility index (Phi) is 8.95. The maximum Gasteiger partial charge on any atom is 0.461 e. The van der Waals surface area contributed by atoms with Gasteiger partial charge in [-0.15, -0.1) is 0 Å². The van der Waals surface area contributed by atoms with Crippen LogP contribution in [0.5, 0.6) is 11.5 Å². The van der Waals surface area contributed by atoms with Crippen molar-refractivity contribution in [2.45, 2.75) is 25.9 Å². The number of nitrogen functional groups attached to an aromatic ring is 2. The summed E-state index contributed by atoms with van der Waals surface area (Å²) in [7, 11) is 0. The van der Waals surface area contributed by atoms with Gasteiger partial charge in [0.2, 0.25) is 0 Å². The first kappa shape index (κ1) is 28.0. The highest BCUT2D eigenvalue weighted by atomic mass is 19.3. The van der Waals surface area contributed by atoms with E-state index in [-0.39, 0.29) is 23.5 Å². The second-order valence-electron chi connectivity index (χ2n) is 7.95. The Balaban J connectivity index is 1.77. The molecule has 4 N–H and O–H groups in total. The highest BCUT2D eigenvalue weighted by Crippen LogP contribution is 2.31. The average Bonchev–Trinajstić information content (AvgIpc) is 2.87. The second kappa shape index (κ2) is 12.1. The van der Waals surface area contributed by atoms with Gasteiger partial charge in [0, 0.05) is 16.9 Å². The highest BCUT2D eigenvalue weighted by molar-refractivity contribution is 6.24. The van der Waals surface area contributed by atoms with Gasteiger partial charge in [0.1, 0.15) is 11.5 Å². The zero-order valence-corrected chi connectivity index (χ0v) is 20.1. The SMILES string of the molecule is CCCOC(=O)C(=Cc1ccc(OC(=O)c2ccc(OC(F)(F)C(F)F)cc2)cc1)c1c(N)cccc1N. The van der Waals surface area contributed by atoms with Crippen molar-refractivity contribution in [3.63, 3.8) is 0 Å². The van der Waals surface area contributed by atoms with Crippen LogP contribution in [0.1, 0.15) is 34.8 Å². The third kappa shape index (κ3) is 7.02. The lowest BCUT2D eigenvalue weighted by molar-refractivity contribution is -0.253. The first-order chi connectivity index (χ1) is 18.0. The Hall–Kier alpha value is -4.54. The summed E-state index contributed by atoms with van der Waals surface area (Å²) >= 11 is 0. The Morgan fingerprint density at radius 2 is 1.50 bits per heavy atom. The third-order valence-corrected chi connectivity index (χ3v) is 5.06. The lowest BCUT2D eigenvalue weighted by Crippen LogP contribution is -2.33. The standard InChI is InChI=1S/C27H24F4N2O5/c1-2-14-36-25(35)20(23-21(32)4-3-5-22(23)33)15-16-6-10-18(11-7-16)37-24(34)17-8-12-19(13-9-17)38-27(30,31)26(28)29/h3-13,15,26H,2,14,32-33H2,1H3. The van der Waals surface area contributed by atoms with Crippen molar-refractivity contribution in [2.75, 3.05) is 18.1 Å². The molecule has 0 saturated heterocycles. The van der Waals surface area contributed by atoms with E-state index in [1.807, 2.05) is 6.92 Å². The molecule has 0 fully saturated rings. The molecule has 0 spiro atoms. The predicted octanol–water partition coefficient (Wildman–Crippen LogP) is 5.80. The monoisotopic (exact) mass is 532 g/mol. The van der Waals surface area contributed by atoms with Crippen LogP contribution in [-0.2, 0) is 9.53 Å². The zero-order valence-electron chi connectivity index (χ0n) is 20.1. The molecular formula is C27H24F4N2O5. The molecule has 0 radical (unpaired) electrons. The van der Waals surface area contributed by atoms with Gasteiger partial charge in [0.15, 0.2) is 0 Å². The van der Waals surface area contributed by atoms with Crippen LogP contribution < -0.4 is 20.9 Å². The summed E-state index contributed by atoms with van der Waals surface area (Å²) in [4.78, 5) is 25.2. The molecule has 0 amide bonds. The molecular weight excluding hydrogens is 508 g/mol. The average molecular weight is 532 g/mol. The van der Waals surface area contributed by atoms with Crippen LogP contribution in [0, 0.1) is 0 Å². The summed E-state index contributed by atoms with van der Waals surface area (Å²) in [6, 6.07) is 15.1. The maximum absolute atomic E-state index is 13.0. The fourth-order valence-corrected chi connectivity index (χ4v) is 3.23. The number of nitrogens with two attached hydrogens (primary N) is 2. The molecule has 7 nitrogen and oxygen atoms in total. The molecule has 0 atom stereocenters. The Labute approximate surface area is 215 Å². The van der Waals surface area contributed by atoms with Crippen molar-refractivity contribution in [3.8, 4) is 11.5 Å². The van der Waals surface area contributed by atoms with Gasteiger partial charge >= 0.3 is 24.5 Å². The molecule has 11 heteroatoms. The van der Waals surface area contributed by atoms with Gasteiger partial charge in [-0.05, 0) is 66.6 Å². The Morgan fingerprint density at radius 1 is 0.921 bits per heavy atom. The van der Waals surface area contributed by atoms with Crippen molar-refractivity contribution < 1.29 is 41.4 Å². The number of rotatable bonds is 10. The van der Waals surface area contributed by atoms with E-state index in [9.17, 15) is 27.2 Å². The van der Waals surface area contributed by atoms with E-state index in [0.29, 0.717) is 28.9 Å². The highest BCUT2D eigenvalue weighted by Gasteiger charge is 2.43. The number of anilines is 2. The molecule has 0 aromatic heterocycles. The van der Waals surface area contributed by atoms with E-state index in [1.54, 1.807) is 36.4 Å². The van der Waals surface area contributed by atoms with Crippen molar-refractivity contribution in [1.82, 2.24) is 0 Å². The number of hydrogen-bond donors (Lipinski definition) is 2. The van der Waals surface area contributed by atoms with Crippen LogP contribution in [0.2, 0.25) is 0 Å². The van der Waals surface area contributed by atoms with Crippen LogP contribution in [0.15, 0.2) is 66.7 Å². The van der Waals surface area contributed by atoms with Gasteiger partial charge in [-0.25, -0.2) is 9.59 Å². The molecule has 0 aliphatic rings. The van der Waals surface area contributed by atoms with E-state index < -0.39 is 30.2 Å². The van der Waals surface area contributed by atoms with Crippen LogP contribution in [0.25, 0.3) is 11.6 Å². The quantitative estimate of drug-likeness (QED) is 0.0847. The summed E-state index contributed by atoms with van der Waals surface area (Å²) in [6.07, 6.45) is -6.51. The van der Waals surface area contributed by atoms with Crippen LogP contribution in [-0.4, -0.2) is 31.1 Å². The van der Waals surface area contributed by atoms with Gasteiger partial charge in [0.25, 0.3) is 0 Å². The van der Waals surface area contributed by atoms with Gasteiger partial charge in [0.05, 0.1) is 17.7 Å². The Morgan fingerprint density at radius 3 is 2.05 bits per heavy atom. The van der Waals surface area contributed by atoms with Crippen LogP contribution in [0.3, 0.4) is 0 Å². The molecule has 0 heterocycles. The Bertz CT molecular complexity index is 1290. The largest absolute Gasteiger partial charge is 0.462 e. The van der Waals surface area contributed by atoms with Crippen molar-refractivity contribution in [3.05, 3.63) is 83.4 Å². The van der Waals surface area contributed by atoms with E-state index in [0.717, 1.165) is 24.3 Å². The molecule has 3 aromatic rings. The smallest absolute Gasteiger partial charge is 0.461 e. The fraction of sp³-hybridized carbons (Fsp3) is 0.185. The fourth-order valence-electron chi connectivity index (χ4n) is 3.23.